The predicted molar refractivity (Wildman–Crippen MR) is 73.7 cm³/mol. The minimum Gasteiger partial charge on any atom is -0.462 e. The van der Waals surface area contributed by atoms with E-state index in [1.807, 2.05) is 0 Å². The first kappa shape index (κ1) is 15.4. The summed E-state index contributed by atoms with van der Waals surface area (Å²) in [4.78, 5) is 15.7. The molecule has 0 fully saturated rings. The van der Waals surface area contributed by atoms with Gasteiger partial charge in [0, 0.05) is 6.20 Å². The van der Waals surface area contributed by atoms with Crippen LogP contribution < -0.4 is 5.14 Å². The predicted octanol–water partition coefficient (Wildman–Crippen LogP) is 0.745. The van der Waals surface area contributed by atoms with Gasteiger partial charge in [-0.15, -0.1) is 0 Å². The number of sulfonamides is 1. The van der Waals surface area contributed by atoms with E-state index in [0.29, 0.717) is 5.02 Å². The summed E-state index contributed by atoms with van der Waals surface area (Å²) >= 11 is 5.72. The van der Waals surface area contributed by atoms with Crippen molar-refractivity contribution in [2.24, 2.45) is 5.14 Å². The van der Waals surface area contributed by atoms with Crippen LogP contribution in [0.3, 0.4) is 0 Å². The number of primary sulfonamides is 1. The van der Waals surface area contributed by atoms with Crippen molar-refractivity contribution in [3.05, 3.63) is 35.1 Å². The molecule has 2 rings (SSSR count). The van der Waals surface area contributed by atoms with E-state index in [1.54, 1.807) is 6.92 Å². The highest BCUT2D eigenvalue weighted by Crippen LogP contribution is 2.19. The molecule has 0 spiro atoms. The zero-order chi connectivity index (χ0) is 15.6. The standard InChI is InChI=1S/C11H11ClN4O4S/c1-2-20-11(17)8-6-15-16(10(8)21(13,18)19)9-4-3-7(12)5-14-9/h3-6H,2H2,1H3,(H2,13,18,19). The Balaban J connectivity index is 2.63. The summed E-state index contributed by atoms with van der Waals surface area (Å²) in [6.07, 6.45) is 2.38. The number of halogens is 1. The third kappa shape index (κ3) is 3.20. The summed E-state index contributed by atoms with van der Waals surface area (Å²) in [6.45, 7) is 1.69. The van der Waals surface area contributed by atoms with Gasteiger partial charge in [-0.2, -0.15) is 5.10 Å². The van der Waals surface area contributed by atoms with Crippen LogP contribution in [-0.4, -0.2) is 35.8 Å². The van der Waals surface area contributed by atoms with Gasteiger partial charge in [-0.1, -0.05) is 11.6 Å². The Morgan fingerprint density at radius 2 is 2.14 bits per heavy atom. The lowest BCUT2D eigenvalue weighted by atomic mass is 10.4. The van der Waals surface area contributed by atoms with Gasteiger partial charge in [-0.05, 0) is 19.1 Å². The number of hydrogen-bond donors (Lipinski definition) is 1. The molecule has 0 unspecified atom stereocenters. The molecule has 2 heterocycles. The maximum absolute atomic E-state index is 11.8. The SMILES string of the molecule is CCOC(=O)c1cnn(-c2ccc(Cl)cn2)c1S(N)(=O)=O. The van der Waals surface area contributed by atoms with Crippen LogP contribution >= 0.6 is 11.6 Å². The second-order valence-corrected chi connectivity index (χ2v) is 5.79. The van der Waals surface area contributed by atoms with E-state index in [2.05, 4.69) is 10.1 Å². The molecule has 21 heavy (non-hydrogen) atoms. The highest BCUT2D eigenvalue weighted by Gasteiger charge is 2.27. The Morgan fingerprint density at radius 1 is 1.43 bits per heavy atom. The summed E-state index contributed by atoms with van der Waals surface area (Å²) in [5.41, 5.74) is -0.254. The molecule has 0 radical (unpaired) electrons. The van der Waals surface area contributed by atoms with Gasteiger partial charge in [0.2, 0.25) is 0 Å². The number of pyridine rings is 1. The van der Waals surface area contributed by atoms with Crippen LogP contribution in [0, 0.1) is 0 Å². The molecule has 0 saturated carbocycles. The first-order chi connectivity index (χ1) is 9.84. The van der Waals surface area contributed by atoms with E-state index < -0.39 is 21.0 Å². The molecular weight excluding hydrogens is 320 g/mol. The second-order valence-electron chi connectivity index (χ2n) is 3.88. The van der Waals surface area contributed by atoms with E-state index in [4.69, 9.17) is 21.5 Å². The fraction of sp³-hybridized carbons (Fsp3) is 0.182. The highest BCUT2D eigenvalue weighted by molar-refractivity contribution is 7.89. The first-order valence-corrected chi connectivity index (χ1v) is 7.67. The van der Waals surface area contributed by atoms with Crippen molar-refractivity contribution in [2.75, 3.05) is 6.61 Å². The van der Waals surface area contributed by atoms with Gasteiger partial charge < -0.3 is 4.74 Å². The molecule has 0 amide bonds. The summed E-state index contributed by atoms with van der Waals surface area (Å²) in [6, 6.07) is 2.95. The molecule has 0 bridgehead atoms. The van der Waals surface area contributed by atoms with Crippen molar-refractivity contribution in [3.8, 4) is 5.82 Å². The Bertz CT molecular complexity index is 770. The molecule has 0 atom stereocenters. The van der Waals surface area contributed by atoms with Gasteiger partial charge >= 0.3 is 5.97 Å². The highest BCUT2D eigenvalue weighted by atomic mass is 35.5. The van der Waals surface area contributed by atoms with Gasteiger partial charge in [-0.25, -0.2) is 28.0 Å². The Kier molecular flexibility index (Phi) is 4.26. The van der Waals surface area contributed by atoms with Crippen molar-refractivity contribution >= 4 is 27.6 Å². The third-order valence-corrected chi connectivity index (χ3v) is 3.57. The van der Waals surface area contributed by atoms with Crippen LogP contribution in [0.4, 0.5) is 0 Å². The lowest BCUT2D eigenvalue weighted by molar-refractivity contribution is 0.0521. The maximum atomic E-state index is 11.8. The lowest BCUT2D eigenvalue weighted by Gasteiger charge is -2.06. The number of nitrogens with two attached hydrogens (primary N) is 1. The molecule has 0 aliphatic rings. The Labute approximate surface area is 125 Å². The lowest BCUT2D eigenvalue weighted by Crippen LogP contribution is -2.21. The summed E-state index contributed by atoms with van der Waals surface area (Å²) in [7, 11) is -4.22. The third-order valence-electron chi connectivity index (χ3n) is 2.42. The number of esters is 1. The first-order valence-electron chi connectivity index (χ1n) is 5.74. The van der Waals surface area contributed by atoms with E-state index in [0.717, 1.165) is 10.9 Å². The second kappa shape index (κ2) is 5.80. The molecule has 2 N–H and O–H groups in total. The van der Waals surface area contributed by atoms with E-state index in [1.165, 1.54) is 18.3 Å². The van der Waals surface area contributed by atoms with Crippen LogP contribution in [0.2, 0.25) is 5.02 Å². The molecule has 2 aromatic rings. The monoisotopic (exact) mass is 330 g/mol. The molecule has 0 aromatic carbocycles. The van der Waals surface area contributed by atoms with Crippen molar-refractivity contribution in [3.63, 3.8) is 0 Å². The average molecular weight is 331 g/mol. The molecule has 0 aliphatic carbocycles. The van der Waals surface area contributed by atoms with Crippen LogP contribution in [0.25, 0.3) is 5.82 Å². The van der Waals surface area contributed by atoms with E-state index in [-0.39, 0.29) is 18.0 Å². The zero-order valence-electron chi connectivity index (χ0n) is 10.9. The maximum Gasteiger partial charge on any atom is 0.342 e. The number of hydrogen-bond acceptors (Lipinski definition) is 6. The topological polar surface area (TPSA) is 117 Å². The number of nitrogens with zero attached hydrogens (tertiary/aromatic N) is 3. The van der Waals surface area contributed by atoms with Gasteiger partial charge in [0.15, 0.2) is 10.8 Å². The average Bonchev–Trinajstić information content (AvgIpc) is 2.84. The number of aromatic nitrogens is 3. The molecule has 0 aliphatic heterocycles. The van der Waals surface area contributed by atoms with Gasteiger partial charge in [-0.3, -0.25) is 0 Å². The molecule has 10 heteroatoms. The fourth-order valence-electron chi connectivity index (χ4n) is 1.62. The smallest absolute Gasteiger partial charge is 0.342 e. The van der Waals surface area contributed by atoms with Gasteiger partial charge in [0.05, 0.1) is 17.8 Å². The normalized spacial score (nSPS) is 11.4. The number of carbonyl (C=O) groups excluding carboxylic acids is 1. The van der Waals surface area contributed by atoms with Crippen molar-refractivity contribution in [1.82, 2.24) is 14.8 Å². The minimum atomic E-state index is -4.22. The molecule has 2 aromatic heterocycles. The fourth-order valence-corrected chi connectivity index (χ4v) is 2.55. The molecule has 0 saturated heterocycles. The molecule has 112 valence electrons. The Morgan fingerprint density at radius 3 is 2.67 bits per heavy atom. The van der Waals surface area contributed by atoms with E-state index >= 15 is 0 Å². The number of rotatable bonds is 4. The van der Waals surface area contributed by atoms with E-state index in [9.17, 15) is 13.2 Å². The van der Waals surface area contributed by atoms with Crippen LogP contribution in [-0.2, 0) is 14.8 Å². The Hall–Kier alpha value is -1.97. The summed E-state index contributed by atoms with van der Waals surface area (Å²) in [5, 5.41) is 8.87. The van der Waals surface area contributed by atoms with Crippen molar-refractivity contribution in [1.29, 1.82) is 0 Å². The van der Waals surface area contributed by atoms with Crippen LogP contribution in [0.1, 0.15) is 17.3 Å². The minimum absolute atomic E-state index is 0.0905. The molecular formula is C11H11ClN4O4S. The zero-order valence-corrected chi connectivity index (χ0v) is 12.4. The van der Waals surface area contributed by atoms with Crippen molar-refractivity contribution in [2.45, 2.75) is 11.9 Å². The van der Waals surface area contributed by atoms with Gasteiger partial charge in [0.1, 0.15) is 5.56 Å². The summed E-state index contributed by atoms with van der Waals surface area (Å²) < 4.78 is 29.2. The summed E-state index contributed by atoms with van der Waals surface area (Å²) in [5.74, 6) is -0.680. The van der Waals surface area contributed by atoms with Crippen LogP contribution in [0.15, 0.2) is 29.6 Å². The molecule has 8 nitrogen and oxygen atoms in total. The quantitative estimate of drug-likeness (QED) is 0.826. The largest absolute Gasteiger partial charge is 0.462 e. The van der Waals surface area contributed by atoms with Gasteiger partial charge in [0.25, 0.3) is 10.0 Å². The van der Waals surface area contributed by atoms with Crippen LogP contribution in [0.5, 0.6) is 0 Å². The number of carbonyl (C=O) groups is 1. The number of ether oxygens (including phenoxy) is 1. The van der Waals surface area contributed by atoms with Crippen molar-refractivity contribution < 1.29 is 17.9 Å².